The number of anilines is 1. The molecule has 21 heavy (non-hydrogen) atoms. The van der Waals surface area contributed by atoms with Crippen LogP contribution in [0.1, 0.15) is 48.0 Å². The van der Waals surface area contributed by atoms with E-state index in [0.717, 1.165) is 13.0 Å². The molecule has 1 heterocycles. The first-order valence-corrected chi connectivity index (χ1v) is 8.67. The van der Waals surface area contributed by atoms with E-state index in [-0.39, 0.29) is 10.3 Å². The Hall–Kier alpha value is -1.14. The molecular formula is C15H27N3O2S. The number of nitrogens with one attached hydrogen (secondary N) is 2. The standard InChI is InChI=1S/C15H27N3O2S/c1-7-16-13-9-8-12(10-17-13)21(19,20)18-15(5,6)11-14(2,3)4/h8-10,18H,7,11H2,1-6H3,(H,16,17). The van der Waals surface area contributed by atoms with E-state index < -0.39 is 15.6 Å². The summed E-state index contributed by atoms with van der Waals surface area (Å²) in [6.45, 7) is 12.8. The molecule has 2 N–H and O–H groups in total. The molecule has 1 rings (SSSR count). The van der Waals surface area contributed by atoms with Crippen molar-refractivity contribution in [2.75, 3.05) is 11.9 Å². The van der Waals surface area contributed by atoms with E-state index in [9.17, 15) is 8.42 Å². The third-order valence-corrected chi connectivity index (χ3v) is 4.47. The number of sulfonamides is 1. The molecule has 0 fully saturated rings. The van der Waals surface area contributed by atoms with E-state index in [1.54, 1.807) is 12.1 Å². The van der Waals surface area contributed by atoms with Crippen LogP contribution in [0.15, 0.2) is 23.2 Å². The Morgan fingerprint density at radius 3 is 2.19 bits per heavy atom. The van der Waals surface area contributed by atoms with Gasteiger partial charge in [-0.2, -0.15) is 0 Å². The molecular weight excluding hydrogens is 286 g/mol. The van der Waals surface area contributed by atoms with Gasteiger partial charge in [-0.05, 0) is 44.7 Å². The number of pyridine rings is 1. The Balaban J connectivity index is 2.90. The topological polar surface area (TPSA) is 71.1 Å². The van der Waals surface area contributed by atoms with E-state index in [0.29, 0.717) is 5.82 Å². The summed E-state index contributed by atoms with van der Waals surface area (Å²) in [6, 6.07) is 3.25. The minimum atomic E-state index is -3.56. The summed E-state index contributed by atoms with van der Waals surface area (Å²) in [5.41, 5.74) is -0.476. The third-order valence-electron chi connectivity index (χ3n) is 2.79. The Bertz CT molecular complexity index is 558. The number of hydrogen-bond donors (Lipinski definition) is 2. The third kappa shape index (κ3) is 6.01. The maximum Gasteiger partial charge on any atom is 0.242 e. The highest BCUT2D eigenvalue weighted by molar-refractivity contribution is 7.89. The zero-order chi connectivity index (χ0) is 16.3. The molecule has 6 heteroatoms. The highest BCUT2D eigenvalue weighted by Crippen LogP contribution is 2.28. The maximum atomic E-state index is 12.4. The molecule has 0 atom stereocenters. The van der Waals surface area contributed by atoms with Crippen LogP contribution in [-0.4, -0.2) is 25.5 Å². The fourth-order valence-electron chi connectivity index (χ4n) is 2.61. The first-order valence-electron chi connectivity index (χ1n) is 7.19. The van der Waals surface area contributed by atoms with Crippen LogP contribution in [0.4, 0.5) is 5.82 Å². The van der Waals surface area contributed by atoms with E-state index in [4.69, 9.17) is 0 Å². The molecule has 0 aliphatic carbocycles. The van der Waals surface area contributed by atoms with Gasteiger partial charge in [0.1, 0.15) is 10.7 Å². The average molecular weight is 313 g/mol. The molecule has 0 saturated carbocycles. The van der Waals surface area contributed by atoms with Crippen molar-refractivity contribution in [1.82, 2.24) is 9.71 Å². The van der Waals surface area contributed by atoms with E-state index >= 15 is 0 Å². The van der Waals surface area contributed by atoms with Crippen LogP contribution < -0.4 is 10.0 Å². The summed E-state index contributed by atoms with van der Waals surface area (Å²) in [5, 5.41) is 3.04. The van der Waals surface area contributed by atoms with Crippen molar-refractivity contribution < 1.29 is 8.42 Å². The summed E-state index contributed by atoms with van der Waals surface area (Å²) in [7, 11) is -3.56. The summed E-state index contributed by atoms with van der Waals surface area (Å²) >= 11 is 0. The van der Waals surface area contributed by atoms with Crippen LogP contribution in [0.2, 0.25) is 0 Å². The number of rotatable bonds is 6. The van der Waals surface area contributed by atoms with Crippen molar-refractivity contribution in [1.29, 1.82) is 0 Å². The van der Waals surface area contributed by atoms with E-state index in [1.807, 2.05) is 20.8 Å². The van der Waals surface area contributed by atoms with Gasteiger partial charge < -0.3 is 5.32 Å². The SMILES string of the molecule is CCNc1ccc(S(=O)(=O)NC(C)(C)CC(C)(C)C)cn1. The van der Waals surface area contributed by atoms with Crippen molar-refractivity contribution in [3.8, 4) is 0 Å². The Labute approximate surface area is 128 Å². The second kappa shape index (κ2) is 6.32. The highest BCUT2D eigenvalue weighted by Gasteiger charge is 2.30. The molecule has 0 aliphatic heterocycles. The Kier molecular flexibility index (Phi) is 5.39. The fraction of sp³-hybridized carbons (Fsp3) is 0.667. The molecule has 0 radical (unpaired) electrons. The summed E-state index contributed by atoms with van der Waals surface area (Å²) < 4.78 is 27.6. The van der Waals surface area contributed by atoms with E-state index in [2.05, 4.69) is 35.8 Å². The monoisotopic (exact) mass is 313 g/mol. The molecule has 0 amide bonds. The van der Waals surface area contributed by atoms with Crippen LogP contribution >= 0.6 is 0 Å². The summed E-state index contributed by atoms with van der Waals surface area (Å²) in [5.74, 6) is 0.672. The van der Waals surface area contributed by atoms with Gasteiger partial charge in [-0.3, -0.25) is 0 Å². The lowest BCUT2D eigenvalue weighted by atomic mass is 9.82. The number of nitrogens with zero attached hydrogens (tertiary/aromatic N) is 1. The van der Waals surface area contributed by atoms with Crippen LogP contribution in [0, 0.1) is 5.41 Å². The molecule has 0 spiro atoms. The van der Waals surface area contributed by atoms with Crippen LogP contribution in [0.25, 0.3) is 0 Å². The van der Waals surface area contributed by atoms with Gasteiger partial charge in [0.2, 0.25) is 10.0 Å². The Morgan fingerprint density at radius 1 is 1.14 bits per heavy atom. The van der Waals surface area contributed by atoms with Gasteiger partial charge in [0.05, 0.1) is 0 Å². The van der Waals surface area contributed by atoms with Crippen molar-refractivity contribution in [3.05, 3.63) is 18.3 Å². The highest BCUT2D eigenvalue weighted by atomic mass is 32.2. The van der Waals surface area contributed by atoms with Gasteiger partial charge in [-0.1, -0.05) is 20.8 Å². The molecule has 0 aliphatic rings. The average Bonchev–Trinajstić information content (AvgIpc) is 2.25. The lowest BCUT2D eigenvalue weighted by Gasteiger charge is -2.32. The minimum Gasteiger partial charge on any atom is -0.370 e. The second-order valence-corrected chi connectivity index (χ2v) is 8.82. The summed E-state index contributed by atoms with van der Waals surface area (Å²) in [6.07, 6.45) is 2.12. The minimum absolute atomic E-state index is 0.0408. The zero-order valence-electron chi connectivity index (χ0n) is 13.8. The van der Waals surface area contributed by atoms with E-state index in [1.165, 1.54) is 6.20 Å². The van der Waals surface area contributed by atoms with Gasteiger partial charge in [-0.15, -0.1) is 0 Å². The van der Waals surface area contributed by atoms with Crippen molar-refractivity contribution in [2.24, 2.45) is 5.41 Å². The van der Waals surface area contributed by atoms with Gasteiger partial charge in [0, 0.05) is 18.3 Å². The lowest BCUT2D eigenvalue weighted by molar-refractivity contribution is 0.269. The number of hydrogen-bond acceptors (Lipinski definition) is 4. The fourth-order valence-corrected chi connectivity index (χ4v) is 3.97. The van der Waals surface area contributed by atoms with Crippen molar-refractivity contribution >= 4 is 15.8 Å². The van der Waals surface area contributed by atoms with Crippen LogP contribution in [0.3, 0.4) is 0 Å². The number of aromatic nitrogens is 1. The molecule has 0 bridgehead atoms. The normalized spacial score (nSPS) is 13.2. The van der Waals surface area contributed by atoms with Crippen LogP contribution in [0.5, 0.6) is 0 Å². The predicted octanol–water partition coefficient (Wildman–Crippen LogP) is 3.01. The summed E-state index contributed by atoms with van der Waals surface area (Å²) in [4.78, 5) is 4.30. The van der Waals surface area contributed by atoms with Crippen molar-refractivity contribution in [3.63, 3.8) is 0 Å². The second-order valence-electron chi connectivity index (χ2n) is 7.14. The molecule has 120 valence electrons. The lowest BCUT2D eigenvalue weighted by Crippen LogP contribution is -2.45. The molecule has 0 unspecified atom stereocenters. The molecule has 1 aromatic rings. The van der Waals surface area contributed by atoms with Gasteiger partial charge in [0.25, 0.3) is 0 Å². The predicted molar refractivity (Wildman–Crippen MR) is 86.9 cm³/mol. The van der Waals surface area contributed by atoms with Gasteiger partial charge >= 0.3 is 0 Å². The largest absolute Gasteiger partial charge is 0.370 e. The molecule has 5 nitrogen and oxygen atoms in total. The first kappa shape index (κ1) is 17.9. The Morgan fingerprint density at radius 2 is 1.76 bits per heavy atom. The quantitative estimate of drug-likeness (QED) is 0.847. The molecule has 1 aromatic heterocycles. The molecule has 0 saturated heterocycles. The zero-order valence-corrected chi connectivity index (χ0v) is 14.6. The van der Waals surface area contributed by atoms with Crippen molar-refractivity contribution in [2.45, 2.75) is 58.4 Å². The van der Waals surface area contributed by atoms with Gasteiger partial charge in [-0.25, -0.2) is 18.1 Å². The molecule has 0 aromatic carbocycles. The maximum absolute atomic E-state index is 12.4. The smallest absolute Gasteiger partial charge is 0.242 e. The first-order chi connectivity index (χ1) is 9.45. The van der Waals surface area contributed by atoms with Gasteiger partial charge in [0.15, 0.2) is 0 Å². The van der Waals surface area contributed by atoms with Crippen LogP contribution in [-0.2, 0) is 10.0 Å².